The fourth-order valence-electron chi connectivity index (χ4n) is 1.41. The lowest BCUT2D eigenvalue weighted by Gasteiger charge is -2.12. The maximum absolute atomic E-state index is 12.4. The maximum atomic E-state index is 12.4. The standard InChI is InChI=1S/C10H8F6O2S/c1-6-2-7(4-8(3-6)9(11,12)13)5-19(17,18)10(14,15)16/h2-4H,5H2,1H3. The number of rotatable bonds is 2. The zero-order chi connectivity index (χ0) is 15.1. The van der Waals surface area contributed by atoms with E-state index in [0.29, 0.717) is 6.07 Å². The van der Waals surface area contributed by atoms with Gasteiger partial charge in [0, 0.05) is 0 Å². The van der Waals surface area contributed by atoms with E-state index >= 15 is 0 Å². The van der Waals surface area contributed by atoms with Crippen molar-refractivity contribution >= 4 is 9.84 Å². The van der Waals surface area contributed by atoms with Crippen molar-refractivity contribution in [1.82, 2.24) is 0 Å². The average Bonchev–Trinajstić information content (AvgIpc) is 2.12. The Balaban J connectivity index is 3.21. The van der Waals surface area contributed by atoms with Gasteiger partial charge in [0.15, 0.2) is 0 Å². The van der Waals surface area contributed by atoms with Crippen LogP contribution in [0.4, 0.5) is 26.3 Å². The molecule has 0 aliphatic heterocycles. The molecule has 108 valence electrons. The van der Waals surface area contributed by atoms with E-state index in [2.05, 4.69) is 0 Å². The summed E-state index contributed by atoms with van der Waals surface area (Å²) >= 11 is 0. The molecule has 0 bridgehead atoms. The number of sulfone groups is 1. The van der Waals surface area contributed by atoms with Crippen LogP contribution in [0.5, 0.6) is 0 Å². The predicted molar refractivity (Wildman–Crippen MR) is 54.9 cm³/mol. The Hall–Kier alpha value is -1.25. The highest BCUT2D eigenvalue weighted by molar-refractivity contribution is 7.91. The lowest BCUT2D eigenvalue weighted by molar-refractivity contribution is -0.137. The molecule has 0 spiro atoms. The number of hydrogen-bond donors (Lipinski definition) is 0. The van der Waals surface area contributed by atoms with Gasteiger partial charge >= 0.3 is 11.7 Å². The second kappa shape index (κ2) is 4.69. The molecule has 0 unspecified atom stereocenters. The van der Waals surface area contributed by atoms with Gasteiger partial charge in [-0.1, -0.05) is 11.6 Å². The first-order valence-electron chi connectivity index (χ1n) is 4.80. The Bertz CT molecular complexity index is 571. The van der Waals surface area contributed by atoms with Crippen molar-refractivity contribution in [2.45, 2.75) is 24.4 Å². The van der Waals surface area contributed by atoms with Crippen LogP contribution in [0.1, 0.15) is 16.7 Å². The van der Waals surface area contributed by atoms with Gasteiger partial charge in [0.25, 0.3) is 9.84 Å². The first kappa shape index (κ1) is 15.8. The zero-order valence-electron chi connectivity index (χ0n) is 9.43. The first-order chi connectivity index (χ1) is 8.33. The molecule has 0 saturated carbocycles. The summed E-state index contributed by atoms with van der Waals surface area (Å²) in [6, 6.07) is 2.10. The molecule has 0 amide bonds. The van der Waals surface area contributed by atoms with Crippen molar-refractivity contribution in [1.29, 1.82) is 0 Å². The quantitative estimate of drug-likeness (QED) is 0.784. The molecule has 0 fully saturated rings. The van der Waals surface area contributed by atoms with E-state index < -0.39 is 38.4 Å². The van der Waals surface area contributed by atoms with Crippen LogP contribution in [0.2, 0.25) is 0 Å². The Labute approximate surface area is 105 Å². The van der Waals surface area contributed by atoms with Crippen LogP contribution in [0.25, 0.3) is 0 Å². The van der Waals surface area contributed by atoms with E-state index in [1.807, 2.05) is 0 Å². The van der Waals surface area contributed by atoms with E-state index in [-0.39, 0.29) is 5.56 Å². The van der Waals surface area contributed by atoms with Crippen LogP contribution in [0, 0.1) is 6.92 Å². The first-order valence-corrected chi connectivity index (χ1v) is 6.45. The second-order valence-electron chi connectivity index (χ2n) is 3.91. The van der Waals surface area contributed by atoms with Crippen LogP contribution in [0.15, 0.2) is 18.2 Å². The molecule has 0 saturated heterocycles. The van der Waals surface area contributed by atoms with E-state index in [4.69, 9.17) is 0 Å². The summed E-state index contributed by atoms with van der Waals surface area (Å²) in [5.74, 6) is -1.51. The fraction of sp³-hybridized carbons (Fsp3) is 0.400. The molecule has 1 aromatic rings. The van der Waals surface area contributed by atoms with Gasteiger partial charge in [-0.2, -0.15) is 26.3 Å². The largest absolute Gasteiger partial charge is 0.497 e. The minimum Gasteiger partial charge on any atom is -0.219 e. The summed E-state index contributed by atoms with van der Waals surface area (Å²) in [7, 11) is -5.50. The molecule has 1 rings (SSSR count). The number of alkyl halides is 6. The van der Waals surface area contributed by atoms with Crippen molar-refractivity contribution in [3.63, 3.8) is 0 Å². The van der Waals surface area contributed by atoms with Crippen molar-refractivity contribution < 1.29 is 34.8 Å². The molecule has 0 aliphatic rings. The molecule has 0 heterocycles. The van der Waals surface area contributed by atoms with E-state index in [1.165, 1.54) is 6.92 Å². The number of aryl methyl sites for hydroxylation is 1. The van der Waals surface area contributed by atoms with Gasteiger partial charge < -0.3 is 0 Å². The molecule has 9 heteroatoms. The minimum atomic E-state index is -5.50. The Morgan fingerprint density at radius 3 is 1.95 bits per heavy atom. The molecule has 0 aromatic heterocycles. The molecule has 0 radical (unpaired) electrons. The highest BCUT2D eigenvalue weighted by Gasteiger charge is 2.45. The van der Waals surface area contributed by atoms with Crippen molar-refractivity contribution in [2.75, 3.05) is 0 Å². The normalized spacial score (nSPS) is 13.6. The molecular formula is C10H8F6O2S. The Morgan fingerprint density at radius 2 is 1.53 bits per heavy atom. The highest BCUT2D eigenvalue weighted by Crippen LogP contribution is 2.32. The van der Waals surface area contributed by atoms with Gasteiger partial charge in [-0.15, -0.1) is 0 Å². The summed E-state index contributed by atoms with van der Waals surface area (Å²) < 4.78 is 95.5. The third-order valence-electron chi connectivity index (χ3n) is 2.17. The zero-order valence-corrected chi connectivity index (χ0v) is 10.2. The molecule has 0 atom stereocenters. The monoisotopic (exact) mass is 306 g/mol. The smallest absolute Gasteiger partial charge is 0.219 e. The van der Waals surface area contributed by atoms with Crippen LogP contribution < -0.4 is 0 Å². The van der Waals surface area contributed by atoms with Gasteiger partial charge in [0.2, 0.25) is 0 Å². The third kappa shape index (κ3) is 3.85. The summed E-state index contributed by atoms with van der Waals surface area (Å²) in [6.07, 6.45) is -4.75. The van der Waals surface area contributed by atoms with E-state index in [0.717, 1.165) is 12.1 Å². The molecule has 2 nitrogen and oxygen atoms in total. The SMILES string of the molecule is Cc1cc(CS(=O)(=O)C(F)(F)F)cc(C(F)(F)F)c1. The van der Waals surface area contributed by atoms with Crippen molar-refractivity contribution in [3.05, 3.63) is 34.9 Å². The van der Waals surface area contributed by atoms with Gasteiger partial charge in [0.1, 0.15) is 0 Å². The topological polar surface area (TPSA) is 34.1 Å². The molecule has 0 N–H and O–H groups in total. The van der Waals surface area contributed by atoms with E-state index in [1.54, 1.807) is 0 Å². The van der Waals surface area contributed by atoms with Crippen LogP contribution >= 0.6 is 0 Å². The summed E-state index contributed by atoms with van der Waals surface area (Å²) in [5, 5.41) is 0. The second-order valence-corrected chi connectivity index (χ2v) is 5.89. The predicted octanol–water partition coefficient (Wildman–Crippen LogP) is 3.45. The van der Waals surface area contributed by atoms with Crippen molar-refractivity contribution in [3.8, 4) is 0 Å². The van der Waals surface area contributed by atoms with Gasteiger partial charge in [-0.05, 0) is 24.6 Å². The van der Waals surface area contributed by atoms with Crippen LogP contribution in [0.3, 0.4) is 0 Å². The number of benzene rings is 1. The van der Waals surface area contributed by atoms with Crippen LogP contribution in [-0.2, 0) is 21.8 Å². The molecule has 1 aromatic carbocycles. The molecule has 19 heavy (non-hydrogen) atoms. The third-order valence-corrected chi connectivity index (χ3v) is 3.59. The highest BCUT2D eigenvalue weighted by atomic mass is 32.2. The molecular weight excluding hydrogens is 298 g/mol. The lowest BCUT2D eigenvalue weighted by atomic mass is 10.1. The summed E-state index contributed by atoms with van der Waals surface area (Å²) in [4.78, 5) is 0. The van der Waals surface area contributed by atoms with Gasteiger partial charge in [0.05, 0.1) is 11.3 Å². The number of hydrogen-bond acceptors (Lipinski definition) is 2. The van der Waals surface area contributed by atoms with E-state index in [9.17, 15) is 34.8 Å². The minimum absolute atomic E-state index is 0.0298. The summed E-state index contributed by atoms with van der Waals surface area (Å²) in [5.41, 5.74) is -7.19. The number of halogens is 6. The van der Waals surface area contributed by atoms with Crippen molar-refractivity contribution in [2.24, 2.45) is 0 Å². The molecule has 0 aliphatic carbocycles. The van der Waals surface area contributed by atoms with Crippen LogP contribution in [-0.4, -0.2) is 13.9 Å². The van der Waals surface area contributed by atoms with Gasteiger partial charge in [-0.25, -0.2) is 8.42 Å². The Kier molecular flexibility index (Phi) is 3.91. The Morgan fingerprint density at radius 1 is 1.00 bits per heavy atom. The average molecular weight is 306 g/mol. The fourth-order valence-corrected chi connectivity index (χ4v) is 2.18. The maximum Gasteiger partial charge on any atom is 0.497 e. The lowest BCUT2D eigenvalue weighted by Crippen LogP contribution is -2.25. The summed E-state index contributed by atoms with van der Waals surface area (Å²) in [6.45, 7) is 1.24. The van der Waals surface area contributed by atoms with Gasteiger partial charge in [-0.3, -0.25) is 0 Å².